The van der Waals surface area contributed by atoms with Crippen molar-refractivity contribution in [2.45, 2.75) is 38.1 Å². The molecule has 1 heterocycles. The Labute approximate surface area is 113 Å². The van der Waals surface area contributed by atoms with Crippen LogP contribution in [0.4, 0.5) is 0 Å². The van der Waals surface area contributed by atoms with Crippen LogP contribution in [-0.4, -0.2) is 23.2 Å². The van der Waals surface area contributed by atoms with E-state index in [1.54, 1.807) is 7.11 Å². The topological polar surface area (TPSA) is 53.1 Å². The SMILES string of the molecule is COc1ccc2c(c1)nc(CCCCN)n2C1CC1. The molecule has 1 aliphatic rings. The average molecular weight is 259 g/mol. The van der Waals surface area contributed by atoms with E-state index < -0.39 is 0 Å². The normalized spacial score (nSPS) is 15.1. The van der Waals surface area contributed by atoms with Crippen molar-refractivity contribution >= 4 is 11.0 Å². The Bertz CT molecular complexity index is 572. The second kappa shape index (κ2) is 5.21. The van der Waals surface area contributed by atoms with Gasteiger partial charge in [-0.1, -0.05) is 0 Å². The number of hydrogen-bond acceptors (Lipinski definition) is 3. The minimum atomic E-state index is 0.659. The third-order valence-corrected chi connectivity index (χ3v) is 3.74. The lowest BCUT2D eigenvalue weighted by Crippen LogP contribution is -2.04. The molecule has 0 radical (unpaired) electrons. The number of aromatic nitrogens is 2. The van der Waals surface area contributed by atoms with Crippen LogP contribution in [0.25, 0.3) is 11.0 Å². The van der Waals surface area contributed by atoms with E-state index in [0.717, 1.165) is 37.1 Å². The maximum Gasteiger partial charge on any atom is 0.121 e. The maximum absolute atomic E-state index is 5.57. The number of unbranched alkanes of at least 4 members (excludes halogenated alkanes) is 1. The highest BCUT2D eigenvalue weighted by molar-refractivity contribution is 5.78. The molecule has 0 aliphatic heterocycles. The highest BCUT2D eigenvalue weighted by atomic mass is 16.5. The summed E-state index contributed by atoms with van der Waals surface area (Å²) in [5.41, 5.74) is 7.86. The third kappa shape index (κ3) is 2.45. The Morgan fingerprint density at radius 3 is 2.89 bits per heavy atom. The van der Waals surface area contributed by atoms with Crippen LogP contribution in [0.1, 0.15) is 37.5 Å². The van der Waals surface area contributed by atoms with E-state index in [1.807, 2.05) is 12.1 Å². The van der Waals surface area contributed by atoms with Crippen LogP contribution in [0, 0.1) is 0 Å². The van der Waals surface area contributed by atoms with Crippen molar-refractivity contribution in [1.29, 1.82) is 0 Å². The fourth-order valence-electron chi connectivity index (χ4n) is 2.60. The molecule has 1 saturated carbocycles. The molecule has 0 spiro atoms. The van der Waals surface area contributed by atoms with Gasteiger partial charge in [-0.2, -0.15) is 0 Å². The number of rotatable bonds is 6. The number of benzene rings is 1. The molecule has 102 valence electrons. The zero-order chi connectivity index (χ0) is 13.2. The molecule has 1 aromatic heterocycles. The van der Waals surface area contributed by atoms with Crippen LogP contribution in [0.2, 0.25) is 0 Å². The lowest BCUT2D eigenvalue weighted by Gasteiger charge is -2.07. The average Bonchev–Trinajstić information content (AvgIpc) is 3.20. The monoisotopic (exact) mass is 259 g/mol. The first-order valence-corrected chi connectivity index (χ1v) is 7.08. The lowest BCUT2D eigenvalue weighted by molar-refractivity contribution is 0.415. The van der Waals surface area contributed by atoms with Crippen molar-refractivity contribution in [3.8, 4) is 5.75 Å². The molecule has 1 aliphatic carbocycles. The number of hydrogen-bond donors (Lipinski definition) is 1. The number of nitrogens with zero attached hydrogens (tertiary/aromatic N) is 2. The Balaban J connectivity index is 1.97. The summed E-state index contributed by atoms with van der Waals surface area (Å²) in [4.78, 5) is 4.80. The Hall–Kier alpha value is -1.55. The molecule has 0 atom stereocenters. The number of fused-ring (bicyclic) bond motifs is 1. The van der Waals surface area contributed by atoms with Gasteiger partial charge in [-0.25, -0.2) is 4.98 Å². The van der Waals surface area contributed by atoms with Crippen molar-refractivity contribution in [3.63, 3.8) is 0 Å². The molecule has 4 nitrogen and oxygen atoms in total. The summed E-state index contributed by atoms with van der Waals surface area (Å²) in [5, 5.41) is 0. The Morgan fingerprint density at radius 2 is 2.21 bits per heavy atom. The smallest absolute Gasteiger partial charge is 0.121 e. The minimum Gasteiger partial charge on any atom is -0.497 e. The first-order valence-electron chi connectivity index (χ1n) is 7.08. The molecule has 4 heteroatoms. The first kappa shape index (κ1) is 12.5. The molecule has 2 N–H and O–H groups in total. The van der Waals surface area contributed by atoms with Gasteiger partial charge in [0.15, 0.2) is 0 Å². The molecule has 19 heavy (non-hydrogen) atoms. The van der Waals surface area contributed by atoms with E-state index in [1.165, 1.54) is 24.2 Å². The number of ether oxygens (including phenoxy) is 1. The second-order valence-corrected chi connectivity index (χ2v) is 5.23. The highest BCUT2D eigenvalue weighted by Crippen LogP contribution is 2.39. The van der Waals surface area contributed by atoms with E-state index in [4.69, 9.17) is 15.5 Å². The number of imidazole rings is 1. The summed E-state index contributed by atoms with van der Waals surface area (Å²) in [6.45, 7) is 0.761. The molecular weight excluding hydrogens is 238 g/mol. The van der Waals surface area contributed by atoms with E-state index in [-0.39, 0.29) is 0 Å². The Kier molecular flexibility index (Phi) is 3.42. The summed E-state index contributed by atoms with van der Waals surface area (Å²) in [6, 6.07) is 6.84. The maximum atomic E-state index is 5.57. The molecule has 0 unspecified atom stereocenters. The molecular formula is C15H21N3O. The van der Waals surface area contributed by atoms with Crippen LogP contribution < -0.4 is 10.5 Å². The van der Waals surface area contributed by atoms with Gasteiger partial charge in [0.05, 0.1) is 18.1 Å². The van der Waals surface area contributed by atoms with E-state index in [2.05, 4.69) is 10.6 Å². The second-order valence-electron chi connectivity index (χ2n) is 5.23. The number of methoxy groups -OCH3 is 1. The molecule has 1 aromatic carbocycles. The predicted molar refractivity (Wildman–Crippen MR) is 76.5 cm³/mol. The van der Waals surface area contributed by atoms with Gasteiger partial charge in [-0.3, -0.25) is 0 Å². The van der Waals surface area contributed by atoms with Crippen LogP contribution in [-0.2, 0) is 6.42 Å². The number of nitrogens with two attached hydrogens (primary N) is 1. The predicted octanol–water partition coefficient (Wildman–Crippen LogP) is 2.66. The van der Waals surface area contributed by atoms with Crippen LogP contribution in [0.15, 0.2) is 18.2 Å². The zero-order valence-electron chi connectivity index (χ0n) is 11.4. The van der Waals surface area contributed by atoms with Crippen LogP contribution in [0.3, 0.4) is 0 Å². The van der Waals surface area contributed by atoms with Gasteiger partial charge in [-0.05, 0) is 44.4 Å². The van der Waals surface area contributed by atoms with Gasteiger partial charge in [0.2, 0.25) is 0 Å². The first-order chi connectivity index (χ1) is 9.33. The summed E-state index contributed by atoms with van der Waals surface area (Å²) in [7, 11) is 1.70. The third-order valence-electron chi connectivity index (χ3n) is 3.74. The van der Waals surface area contributed by atoms with Crippen molar-refractivity contribution in [2.75, 3.05) is 13.7 Å². The minimum absolute atomic E-state index is 0.659. The quantitative estimate of drug-likeness (QED) is 0.811. The largest absolute Gasteiger partial charge is 0.497 e. The van der Waals surface area contributed by atoms with Gasteiger partial charge < -0.3 is 15.0 Å². The molecule has 2 aromatic rings. The number of aryl methyl sites for hydroxylation is 1. The van der Waals surface area contributed by atoms with Gasteiger partial charge in [0, 0.05) is 18.5 Å². The fraction of sp³-hybridized carbons (Fsp3) is 0.533. The fourth-order valence-corrected chi connectivity index (χ4v) is 2.60. The van der Waals surface area contributed by atoms with Gasteiger partial charge in [0.1, 0.15) is 11.6 Å². The summed E-state index contributed by atoms with van der Waals surface area (Å²) < 4.78 is 7.70. The van der Waals surface area contributed by atoms with Crippen molar-refractivity contribution in [3.05, 3.63) is 24.0 Å². The summed E-state index contributed by atoms with van der Waals surface area (Å²) in [5.74, 6) is 2.08. The molecule has 0 amide bonds. The Morgan fingerprint density at radius 1 is 1.37 bits per heavy atom. The van der Waals surface area contributed by atoms with Crippen molar-refractivity contribution in [2.24, 2.45) is 5.73 Å². The molecule has 1 fully saturated rings. The highest BCUT2D eigenvalue weighted by Gasteiger charge is 2.27. The standard InChI is InChI=1S/C15H21N3O/c1-19-12-7-8-14-13(10-12)17-15(4-2-3-9-16)18(14)11-5-6-11/h7-8,10-11H,2-6,9,16H2,1H3. The van der Waals surface area contributed by atoms with E-state index >= 15 is 0 Å². The van der Waals surface area contributed by atoms with Crippen molar-refractivity contribution < 1.29 is 4.74 Å². The van der Waals surface area contributed by atoms with Gasteiger partial charge >= 0.3 is 0 Å². The van der Waals surface area contributed by atoms with Crippen molar-refractivity contribution in [1.82, 2.24) is 9.55 Å². The summed E-state index contributed by atoms with van der Waals surface area (Å²) in [6.07, 6.45) is 5.76. The molecule has 3 rings (SSSR count). The zero-order valence-corrected chi connectivity index (χ0v) is 11.4. The van der Waals surface area contributed by atoms with Crippen LogP contribution >= 0.6 is 0 Å². The lowest BCUT2D eigenvalue weighted by atomic mass is 10.2. The van der Waals surface area contributed by atoms with Crippen LogP contribution in [0.5, 0.6) is 5.75 Å². The summed E-state index contributed by atoms with van der Waals surface area (Å²) >= 11 is 0. The molecule has 0 saturated heterocycles. The molecule has 0 bridgehead atoms. The van der Waals surface area contributed by atoms with E-state index in [0.29, 0.717) is 6.04 Å². The van der Waals surface area contributed by atoms with Gasteiger partial charge in [-0.15, -0.1) is 0 Å². The van der Waals surface area contributed by atoms with Gasteiger partial charge in [0.25, 0.3) is 0 Å². The van der Waals surface area contributed by atoms with E-state index in [9.17, 15) is 0 Å².